The van der Waals surface area contributed by atoms with Gasteiger partial charge in [-0.1, -0.05) is 18.2 Å². The maximum absolute atomic E-state index is 13.4. The molecule has 1 saturated heterocycles. The van der Waals surface area contributed by atoms with Crippen LogP contribution in [0.5, 0.6) is 11.5 Å². The minimum absolute atomic E-state index is 0.0331. The van der Waals surface area contributed by atoms with Crippen molar-refractivity contribution in [2.75, 3.05) is 32.6 Å². The van der Waals surface area contributed by atoms with Crippen molar-refractivity contribution in [1.82, 2.24) is 14.3 Å². The lowest BCUT2D eigenvalue weighted by Crippen LogP contribution is -2.40. The topological polar surface area (TPSA) is 111 Å². The first kappa shape index (κ1) is 34.8. The maximum Gasteiger partial charge on any atom is 0.416 e. The molecule has 9 nitrogen and oxygen atoms in total. The molecule has 2 heterocycles. The Morgan fingerprint density at radius 3 is 2.31 bits per heavy atom. The third kappa shape index (κ3) is 8.11. The van der Waals surface area contributed by atoms with Crippen LogP contribution in [0.2, 0.25) is 0 Å². The second kappa shape index (κ2) is 14.7. The van der Waals surface area contributed by atoms with Crippen molar-refractivity contribution in [1.29, 1.82) is 0 Å². The van der Waals surface area contributed by atoms with E-state index in [2.05, 4.69) is 15.3 Å². The summed E-state index contributed by atoms with van der Waals surface area (Å²) in [6, 6.07) is 15.3. The first-order valence-electron chi connectivity index (χ1n) is 15.2. The Bertz CT molecular complexity index is 1850. The van der Waals surface area contributed by atoms with Crippen LogP contribution in [-0.4, -0.2) is 61.8 Å². The van der Waals surface area contributed by atoms with Gasteiger partial charge in [-0.15, -0.1) is 0 Å². The lowest BCUT2D eigenvalue weighted by Gasteiger charge is -2.23. The molecule has 254 valence electrons. The number of aryl methyl sites for hydroxylation is 1. The van der Waals surface area contributed by atoms with Crippen molar-refractivity contribution in [3.63, 3.8) is 0 Å². The number of aromatic nitrogens is 2. The molecular formula is C34H34F4N4O5S. The van der Waals surface area contributed by atoms with E-state index in [1.54, 1.807) is 26.4 Å². The minimum Gasteiger partial charge on any atom is -0.493 e. The third-order valence-electron chi connectivity index (χ3n) is 8.06. The van der Waals surface area contributed by atoms with Gasteiger partial charge in [0.1, 0.15) is 5.82 Å². The van der Waals surface area contributed by atoms with E-state index in [0.29, 0.717) is 54.3 Å². The second-order valence-electron chi connectivity index (χ2n) is 11.2. The van der Waals surface area contributed by atoms with E-state index < -0.39 is 33.6 Å². The quantitative estimate of drug-likeness (QED) is 0.163. The maximum atomic E-state index is 13.4. The summed E-state index contributed by atoms with van der Waals surface area (Å²) in [6.45, 7) is 0.568. The van der Waals surface area contributed by atoms with Crippen LogP contribution in [0, 0.1) is 5.82 Å². The van der Waals surface area contributed by atoms with Crippen molar-refractivity contribution < 1.29 is 40.2 Å². The highest BCUT2D eigenvalue weighted by Gasteiger charge is 2.39. The minimum atomic E-state index is -4.50. The Morgan fingerprint density at radius 1 is 0.938 bits per heavy atom. The number of ketones is 1. The van der Waals surface area contributed by atoms with Crippen LogP contribution in [0.4, 0.5) is 23.5 Å². The molecule has 1 N–H and O–H groups in total. The normalized spacial score (nSPS) is 15.3. The van der Waals surface area contributed by atoms with Gasteiger partial charge in [0.05, 0.1) is 36.4 Å². The molecule has 4 aromatic rings. The SMILES string of the molecule is COc1ccc(CCNc2nc(CCC(=O)[C@@H]3CCCN3S(=O)(=O)c3ccc(F)cc3)cc(-c3ccc(C(F)(F)F)cc3)n2)cc1OC. The molecule has 0 amide bonds. The highest BCUT2D eigenvalue weighted by atomic mass is 32.2. The van der Waals surface area contributed by atoms with Crippen LogP contribution >= 0.6 is 0 Å². The van der Waals surface area contributed by atoms with Gasteiger partial charge in [0.2, 0.25) is 16.0 Å². The number of nitrogens with zero attached hydrogens (tertiary/aromatic N) is 3. The zero-order chi connectivity index (χ0) is 34.5. The lowest BCUT2D eigenvalue weighted by atomic mass is 10.0. The number of hydrogen-bond acceptors (Lipinski definition) is 8. The fraction of sp³-hybridized carbons (Fsp3) is 0.324. The highest BCUT2D eigenvalue weighted by Crippen LogP contribution is 2.32. The Labute approximate surface area is 276 Å². The summed E-state index contributed by atoms with van der Waals surface area (Å²) in [6.07, 6.45) is -2.98. The smallest absolute Gasteiger partial charge is 0.416 e. The number of Topliss-reactive ketones (excluding diaryl/α,β-unsaturated/α-hetero) is 1. The molecule has 0 aliphatic carbocycles. The van der Waals surface area contributed by atoms with Crippen LogP contribution < -0.4 is 14.8 Å². The number of anilines is 1. The summed E-state index contributed by atoms with van der Waals surface area (Å²) in [5, 5.41) is 3.16. The number of sulfonamides is 1. The van der Waals surface area contributed by atoms with E-state index in [1.165, 1.54) is 24.3 Å². The highest BCUT2D eigenvalue weighted by molar-refractivity contribution is 7.89. The van der Waals surface area contributed by atoms with Crippen molar-refractivity contribution in [2.24, 2.45) is 0 Å². The van der Waals surface area contributed by atoms with Crippen molar-refractivity contribution in [3.8, 4) is 22.8 Å². The van der Waals surface area contributed by atoms with Gasteiger partial charge < -0.3 is 14.8 Å². The molecule has 1 aliphatic rings. The summed E-state index contributed by atoms with van der Waals surface area (Å²) in [5.74, 6) is 0.523. The van der Waals surface area contributed by atoms with Crippen LogP contribution in [0.3, 0.4) is 0 Å². The van der Waals surface area contributed by atoms with Crippen LogP contribution in [0.1, 0.15) is 36.1 Å². The van der Waals surface area contributed by atoms with E-state index in [-0.39, 0.29) is 36.0 Å². The predicted octanol–water partition coefficient (Wildman–Crippen LogP) is 6.33. The Kier molecular flexibility index (Phi) is 10.6. The first-order chi connectivity index (χ1) is 22.9. The largest absolute Gasteiger partial charge is 0.493 e. The van der Waals surface area contributed by atoms with Gasteiger partial charge >= 0.3 is 6.18 Å². The van der Waals surface area contributed by atoms with Gasteiger partial charge in [-0.25, -0.2) is 22.8 Å². The average molecular weight is 687 g/mol. The van der Waals surface area contributed by atoms with Gasteiger partial charge in [-0.3, -0.25) is 4.79 Å². The molecule has 48 heavy (non-hydrogen) atoms. The van der Waals surface area contributed by atoms with E-state index >= 15 is 0 Å². The molecule has 0 saturated carbocycles. The van der Waals surface area contributed by atoms with Crippen LogP contribution in [-0.2, 0) is 33.8 Å². The monoisotopic (exact) mass is 686 g/mol. The fourth-order valence-electron chi connectivity index (χ4n) is 5.55. The van der Waals surface area contributed by atoms with E-state index in [4.69, 9.17) is 9.47 Å². The van der Waals surface area contributed by atoms with Gasteiger partial charge in [0, 0.05) is 30.8 Å². The van der Waals surface area contributed by atoms with Gasteiger partial charge in [0.15, 0.2) is 17.3 Å². The zero-order valence-electron chi connectivity index (χ0n) is 26.3. The van der Waals surface area contributed by atoms with E-state index in [0.717, 1.165) is 34.1 Å². The number of carbonyl (C=O) groups is 1. The Hall–Kier alpha value is -4.56. The van der Waals surface area contributed by atoms with Gasteiger partial charge in [-0.2, -0.15) is 17.5 Å². The Morgan fingerprint density at radius 2 is 1.65 bits per heavy atom. The molecular weight excluding hydrogens is 652 g/mol. The number of methoxy groups -OCH3 is 2. The zero-order valence-corrected chi connectivity index (χ0v) is 27.1. The molecule has 1 atom stereocenters. The molecule has 1 aromatic heterocycles. The molecule has 0 bridgehead atoms. The summed E-state index contributed by atoms with van der Waals surface area (Å²) in [7, 11) is -0.933. The number of carbonyl (C=O) groups excluding carboxylic acids is 1. The first-order valence-corrected chi connectivity index (χ1v) is 16.6. The van der Waals surface area contributed by atoms with Crippen molar-refractivity contribution >= 4 is 21.8 Å². The van der Waals surface area contributed by atoms with Gasteiger partial charge in [-0.05, 0) is 85.8 Å². The molecule has 0 unspecified atom stereocenters. The number of rotatable bonds is 13. The number of benzene rings is 3. The van der Waals surface area contributed by atoms with Gasteiger partial charge in [0.25, 0.3) is 0 Å². The molecule has 5 rings (SSSR count). The second-order valence-corrected chi connectivity index (χ2v) is 13.1. The molecule has 0 radical (unpaired) electrons. The number of alkyl halides is 3. The molecule has 1 aliphatic heterocycles. The Balaban J connectivity index is 1.34. The molecule has 0 spiro atoms. The van der Waals surface area contributed by atoms with Crippen LogP contribution in [0.25, 0.3) is 11.3 Å². The molecule has 3 aromatic carbocycles. The lowest BCUT2D eigenvalue weighted by molar-refractivity contribution is -0.137. The van der Waals surface area contributed by atoms with Crippen molar-refractivity contribution in [3.05, 3.63) is 95.4 Å². The number of halogens is 4. The summed E-state index contributed by atoms with van der Waals surface area (Å²) < 4.78 is 91.4. The number of ether oxygens (including phenoxy) is 2. The fourth-order valence-corrected chi connectivity index (χ4v) is 7.22. The summed E-state index contributed by atoms with van der Waals surface area (Å²) in [5.41, 5.74) is 1.38. The van der Waals surface area contributed by atoms with E-state index in [9.17, 15) is 30.8 Å². The average Bonchev–Trinajstić information content (AvgIpc) is 3.58. The van der Waals surface area contributed by atoms with Crippen molar-refractivity contribution in [2.45, 2.75) is 49.2 Å². The summed E-state index contributed by atoms with van der Waals surface area (Å²) in [4.78, 5) is 22.4. The number of hydrogen-bond donors (Lipinski definition) is 1. The molecule has 14 heteroatoms. The predicted molar refractivity (Wildman–Crippen MR) is 171 cm³/mol. The molecule has 1 fully saturated rings. The summed E-state index contributed by atoms with van der Waals surface area (Å²) >= 11 is 0. The number of nitrogens with one attached hydrogen (secondary N) is 1. The standard InChI is InChI=1S/C34H34F4N4O5S/c1-46-31-16-5-22(20-32(31)47-2)17-18-39-33-40-26(21-28(41-33)23-6-8-24(9-7-23)34(36,37)38)12-15-30(43)29-4-3-19-42(29)48(44,45)27-13-10-25(35)11-14-27/h5-11,13-14,16,20-21,29H,3-4,12,15,17-19H2,1-2H3,(H,39,40,41)/t29-/m0/s1. The third-order valence-corrected chi connectivity index (χ3v) is 9.98. The van der Waals surface area contributed by atoms with Crippen LogP contribution in [0.15, 0.2) is 77.7 Å². The van der Waals surface area contributed by atoms with E-state index in [1.807, 2.05) is 12.1 Å².